The number of carbonyl (C=O) groups is 1. The number of thiophene rings is 1. The van der Waals surface area contributed by atoms with Gasteiger partial charge in [0.1, 0.15) is 15.6 Å². The van der Waals surface area contributed by atoms with Gasteiger partial charge in [-0.05, 0) is 26.9 Å². The summed E-state index contributed by atoms with van der Waals surface area (Å²) in [6, 6.07) is 0.414. The van der Waals surface area contributed by atoms with Crippen molar-refractivity contribution in [1.29, 1.82) is 0 Å². The molecule has 1 unspecified atom stereocenters. The molecule has 0 amide bonds. The van der Waals surface area contributed by atoms with Crippen LogP contribution in [0.2, 0.25) is 0 Å². The van der Waals surface area contributed by atoms with Crippen molar-refractivity contribution in [3.8, 4) is 5.75 Å². The number of nitrogen functional groups attached to an aromatic ring is 1. The number of likely N-dealkylation sites (N-methyl/N-ethyl adjacent to an activating group) is 1. The number of methoxy groups -OCH3 is 2. The predicted octanol–water partition coefficient (Wildman–Crippen LogP) is 1.66. The van der Waals surface area contributed by atoms with Crippen LogP contribution in [0.4, 0.5) is 10.7 Å². The molecule has 0 radical (unpaired) electrons. The largest absolute Gasteiger partial charge is 0.492 e. The van der Waals surface area contributed by atoms with Gasteiger partial charge in [0.15, 0.2) is 5.75 Å². The first-order valence-electron chi connectivity index (χ1n) is 6.95. The lowest BCUT2D eigenvalue weighted by molar-refractivity contribution is 0.0607. The molecule has 1 saturated heterocycles. The van der Waals surface area contributed by atoms with Crippen molar-refractivity contribution in [1.82, 2.24) is 4.90 Å². The summed E-state index contributed by atoms with van der Waals surface area (Å²) >= 11 is 1.35. The van der Waals surface area contributed by atoms with Crippen molar-refractivity contribution >= 4 is 28.0 Å². The smallest absolute Gasteiger partial charge is 0.350 e. The second kappa shape index (κ2) is 6.53. The molecular formula is C14H23N3O3S. The number of rotatable bonds is 5. The van der Waals surface area contributed by atoms with E-state index in [4.69, 9.17) is 15.2 Å². The Balaban J connectivity index is 2.36. The third-order valence-electron chi connectivity index (χ3n) is 3.67. The minimum atomic E-state index is -0.412. The Kier molecular flexibility index (Phi) is 4.95. The normalized spacial score (nSPS) is 18.3. The van der Waals surface area contributed by atoms with E-state index in [1.54, 1.807) is 7.11 Å². The van der Waals surface area contributed by atoms with Crippen LogP contribution in [-0.2, 0) is 4.74 Å². The number of carbonyl (C=O) groups excluding carboxylic acids is 1. The summed E-state index contributed by atoms with van der Waals surface area (Å²) in [5, 5.41) is 0.930. The lowest BCUT2D eigenvalue weighted by Gasteiger charge is -2.28. The Bertz CT molecular complexity index is 516. The van der Waals surface area contributed by atoms with E-state index in [0.717, 1.165) is 30.9 Å². The van der Waals surface area contributed by atoms with Crippen LogP contribution in [0.1, 0.15) is 22.5 Å². The first-order valence-corrected chi connectivity index (χ1v) is 7.77. The molecule has 2 N–H and O–H groups in total. The topological polar surface area (TPSA) is 68.0 Å². The molecular weight excluding hydrogens is 290 g/mol. The van der Waals surface area contributed by atoms with Gasteiger partial charge in [-0.15, -0.1) is 11.3 Å². The minimum Gasteiger partial charge on any atom is -0.492 e. The maximum Gasteiger partial charge on any atom is 0.350 e. The van der Waals surface area contributed by atoms with Crippen LogP contribution in [0, 0.1) is 0 Å². The third kappa shape index (κ3) is 3.08. The summed E-state index contributed by atoms with van der Waals surface area (Å²) in [5.41, 5.74) is 6.43. The first kappa shape index (κ1) is 15.9. The SMILES string of the molecule is COC(=O)c1sc(N2CCCC2CN(C)C)c(OC)c1N. The molecule has 0 saturated carbocycles. The molecule has 0 aliphatic carbocycles. The Hall–Kier alpha value is -1.47. The highest BCUT2D eigenvalue weighted by Crippen LogP contribution is 2.47. The fourth-order valence-electron chi connectivity index (χ4n) is 2.76. The molecule has 6 nitrogen and oxygen atoms in total. The second-order valence-corrected chi connectivity index (χ2v) is 6.43. The van der Waals surface area contributed by atoms with Crippen molar-refractivity contribution in [3.63, 3.8) is 0 Å². The zero-order valence-electron chi connectivity index (χ0n) is 13.0. The van der Waals surface area contributed by atoms with Crippen molar-refractivity contribution in [2.75, 3.05) is 52.0 Å². The van der Waals surface area contributed by atoms with Crippen LogP contribution >= 0.6 is 11.3 Å². The fourth-order valence-corrected chi connectivity index (χ4v) is 3.97. The molecule has 118 valence electrons. The fraction of sp³-hybridized carbons (Fsp3) is 0.643. The maximum atomic E-state index is 11.8. The van der Waals surface area contributed by atoms with E-state index in [9.17, 15) is 4.79 Å². The zero-order chi connectivity index (χ0) is 15.6. The first-order chi connectivity index (χ1) is 9.99. The number of anilines is 2. The highest BCUT2D eigenvalue weighted by molar-refractivity contribution is 7.19. The van der Waals surface area contributed by atoms with Gasteiger partial charge in [-0.25, -0.2) is 4.79 Å². The van der Waals surface area contributed by atoms with E-state index in [1.165, 1.54) is 18.4 Å². The van der Waals surface area contributed by atoms with E-state index < -0.39 is 5.97 Å². The van der Waals surface area contributed by atoms with E-state index in [2.05, 4.69) is 23.9 Å². The van der Waals surface area contributed by atoms with Crippen LogP contribution < -0.4 is 15.4 Å². The number of ether oxygens (including phenoxy) is 2. The third-order valence-corrected chi connectivity index (χ3v) is 4.87. The van der Waals surface area contributed by atoms with Crippen LogP contribution in [-0.4, -0.2) is 58.3 Å². The van der Waals surface area contributed by atoms with Gasteiger partial charge in [-0.2, -0.15) is 0 Å². The molecule has 1 aliphatic rings. The van der Waals surface area contributed by atoms with E-state index in [-0.39, 0.29) is 0 Å². The Labute approximate surface area is 129 Å². The Morgan fingerprint density at radius 1 is 1.48 bits per heavy atom. The summed E-state index contributed by atoms with van der Waals surface area (Å²) in [4.78, 5) is 16.7. The van der Waals surface area contributed by atoms with E-state index >= 15 is 0 Å². The molecule has 0 bridgehead atoms. The lowest BCUT2D eigenvalue weighted by atomic mass is 10.2. The quantitative estimate of drug-likeness (QED) is 0.834. The molecule has 0 aromatic carbocycles. The molecule has 2 rings (SSSR count). The molecule has 0 spiro atoms. The zero-order valence-corrected chi connectivity index (χ0v) is 13.8. The van der Waals surface area contributed by atoms with Crippen LogP contribution in [0.15, 0.2) is 0 Å². The van der Waals surface area contributed by atoms with Gasteiger partial charge in [0.25, 0.3) is 0 Å². The van der Waals surface area contributed by atoms with Gasteiger partial charge in [0.2, 0.25) is 0 Å². The lowest BCUT2D eigenvalue weighted by Crippen LogP contribution is -2.37. The summed E-state index contributed by atoms with van der Waals surface area (Å²) in [6.45, 7) is 1.92. The molecule has 1 aromatic rings. The van der Waals surface area contributed by atoms with Crippen LogP contribution in [0.3, 0.4) is 0 Å². The van der Waals surface area contributed by atoms with Crippen molar-refractivity contribution in [2.45, 2.75) is 18.9 Å². The predicted molar refractivity (Wildman–Crippen MR) is 85.5 cm³/mol. The average molecular weight is 313 g/mol. The van der Waals surface area contributed by atoms with Crippen molar-refractivity contribution in [2.24, 2.45) is 0 Å². The van der Waals surface area contributed by atoms with Crippen molar-refractivity contribution < 1.29 is 14.3 Å². The molecule has 2 heterocycles. The standard InChI is InChI=1S/C14H23N3O3S/c1-16(2)8-9-6-5-7-17(9)13-11(19-3)10(15)12(21-13)14(18)20-4/h9H,5-8,15H2,1-4H3. The highest BCUT2D eigenvalue weighted by Gasteiger charge is 2.32. The summed E-state index contributed by atoms with van der Waals surface area (Å²) in [7, 11) is 7.07. The van der Waals surface area contributed by atoms with Crippen molar-refractivity contribution in [3.05, 3.63) is 4.88 Å². The minimum absolute atomic E-state index is 0.375. The van der Waals surface area contributed by atoms with Crippen LogP contribution in [0.25, 0.3) is 0 Å². The second-order valence-electron chi connectivity index (χ2n) is 5.43. The molecule has 7 heteroatoms. The molecule has 1 fully saturated rings. The molecule has 21 heavy (non-hydrogen) atoms. The molecule has 1 aromatic heterocycles. The Morgan fingerprint density at radius 3 is 2.76 bits per heavy atom. The van der Waals surface area contributed by atoms with E-state index in [1.807, 2.05) is 0 Å². The van der Waals surface area contributed by atoms with Gasteiger partial charge in [-0.3, -0.25) is 0 Å². The summed E-state index contributed by atoms with van der Waals surface area (Å²) < 4.78 is 10.2. The average Bonchev–Trinajstić information content (AvgIpc) is 3.01. The number of nitrogens with two attached hydrogens (primary N) is 1. The monoisotopic (exact) mass is 313 g/mol. The van der Waals surface area contributed by atoms with Crippen LogP contribution in [0.5, 0.6) is 5.75 Å². The number of esters is 1. The number of hydrogen-bond donors (Lipinski definition) is 1. The Morgan fingerprint density at radius 2 is 2.19 bits per heavy atom. The molecule has 1 atom stereocenters. The van der Waals surface area contributed by atoms with Gasteiger partial charge in [0.05, 0.1) is 14.2 Å². The summed E-state index contributed by atoms with van der Waals surface area (Å²) in [5.74, 6) is 0.177. The van der Waals surface area contributed by atoms with Gasteiger partial charge < -0.3 is 25.0 Å². The van der Waals surface area contributed by atoms with E-state index in [0.29, 0.717) is 22.4 Å². The highest BCUT2D eigenvalue weighted by atomic mass is 32.1. The number of nitrogens with zero attached hydrogens (tertiary/aromatic N) is 2. The number of hydrogen-bond acceptors (Lipinski definition) is 7. The van der Waals surface area contributed by atoms with Gasteiger partial charge in [-0.1, -0.05) is 0 Å². The van der Waals surface area contributed by atoms with Gasteiger partial charge in [0, 0.05) is 19.1 Å². The maximum absolute atomic E-state index is 11.8. The summed E-state index contributed by atoms with van der Waals surface area (Å²) in [6.07, 6.45) is 2.26. The van der Waals surface area contributed by atoms with Gasteiger partial charge >= 0.3 is 5.97 Å². The molecule has 1 aliphatic heterocycles.